The molecule has 0 spiro atoms. The third kappa shape index (κ3) is 4.57. The van der Waals surface area contributed by atoms with Crippen molar-refractivity contribution >= 4 is 15.9 Å². The Morgan fingerprint density at radius 2 is 1.63 bits per heavy atom. The lowest BCUT2D eigenvalue weighted by Crippen LogP contribution is -2.50. The van der Waals surface area contributed by atoms with Crippen LogP contribution in [0.25, 0.3) is 0 Å². The number of carbonyl (C=O) groups excluding carboxylic acids is 1. The predicted molar refractivity (Wildman–Crippen MR) is 106 cm³/mol. The molecule has 1 aliphatic heterocycles. The highest BCUT2D eigenvalue weighted by molar-refractivity contribution is 7.89. The molecule has 0 atom stereocenters. The van der Waals surface area contributed by atoms with Gasteiger partial charge in [0.05, 0.1) is 4.90 Å². The van der Waals surface area contributed by atoms with E-state index in [1.807, 2.05) is 56.3 Å². The number of nitrogens with zero attached hydrogens (tertiary/aromatic N) is 2. The van der Waals surface area contributed by atoms with Gasteiger partial charge in [0.25, 0.3) is 0 Å². The fraction of sp³-hybridized carbons (Fsp3) is 0.381. The first kappa shape index (κ1) is 19.6. The molecule has 3 rings (SSSR count). The van der Waals surface area contributed by atoms with E-state index in [0.717, 1.165) is 16.7 Å². The van der Waals surface area contributed by atoms with Crippen molar-refractivity contribution < 1.29 is 13.2 Å². The second kappa shape index (κ2) is 8.23. The van der Waals surface area contributed by atoms with Gasteiger partial charge in [-0.3, -0.25) is 4.79 Å². The van der Waals surface area contributed by atoms with E-state index in [-0.39, 0.29) is 5.91 Å². The Balaban J connectivity index is 1.58. The van der Waals surface area contributed by atoms with Gasteiger partial charge in [-0.15, -0.1) is 0 Å². The van der Waals surface area contributed by atoms with E-state index in [1.165, 1.54) is 4.31 Å². The SMILES string of the molecule is Cc1ccc(S(=O)(=O)N2CCN(C(=O)CCc3ccccc3)CC2)c(C)c1. The lowest BCUT2D eigenvalue weighted by atomic mass is 10.1. The largest absolute Gasteiger partial charge is 0.340 e. The Morgan fingerprint density at radius 3 is 2.26 bits per heavy atom. The molecule has 27 heavy (non-hydrogen) atoms. The monoisotopic (exact) mass is 386 g/mol. The molecule has 0 aliphatic carbocycles. The highest BCUT2D eigenvalue weighted by atomic mass is 32.2. The van der Waals surface area contributed by atoms with Gasteiger partial charge in [-0.2, -0.15) is 4.31 Å². The smallest absolute Gasteiger partial charge is 0.243 e. The minimum absolute atomic E-state index is 0.0856. The molecule has 2 aromatic carbocycles. The van der Waals surface area contributed by atoms with Crippen LogP contribution < -0.4 is 0 Å². The molecule has 6 heteroatoms. The van der Waals surface area contributed by atoms with Crippen molar-refractivity contribution in [3.05, 3.63) is 65.2 Å². The average molecular weight is 387 g/mol. The van der Waals surface area contributed by atoms with Crippen LogP contribution in [0.15, 0.2) is 53.4 Å². The second-order valence-corrected chi connectivity index (χ2v) is 8.95. The van der Waals surface area contributed by atoms with E-state index in [2.05, 4.69) is 0 Å². The van der Waals surface area contributed by atoms with E-state index >= 15 is 0 Å². The maximum Gasteiger partial charge on any atom is 0.243 e. The zero-order valence-corrected chi connectivity index (χ0v) is 16.7. The van der Waals surface area contributed by atoms with Crippen molar-refractivity contribution in [3.8, 4) is 0 Å². The Hall–Kier alpha value is -2.18. The van der Waals surface area contributed by atoms with Gasteiger partial charge >= 0.3 is 0 Å². The first-order chi connectivity index (χ1) is 12.9. The van der Waals surface area contributed by atoms with Crippen molar-refractivity contribution in [2.75, 3.05) is 26.2 Å². The number of benzene rings is 2. The van der Waals surface area contributed by atoms with Crippen LogP contribution in [0.2, 0.25) is 0 Å². The van der Waals surface area contributed by atoms with E-state index < -0.39 is 10.0 Å². The van der Waals surface area contributed by atoms with Gasteiger partial charge < -0.3 is 4.90 Å². The molecule has 1 amide bonds. The third-order valence-electron chi connectivity index (χ3n) is 5.01. The van der Waals surface area contributed by atoms with Crippen molar-refractivity contribution in [3.63, 3.8) is 0 Å². The van der Waals surface area contributed by atoms with Crippen LogP contribution in [0, 0.1) is 13.8 Å². The Morgan fingerprint density at radius 1 is 0.963 bits per heavy atom. The Bertz CT molecular complexity index is 902. The summed E-state index contributed by atoms with van der Waals surface area (Å²) < 4.78 is 27.3. The van der Waals surface area contributed by atoms with E-state index in [9.17, 15) is 13.2 Å². The number of rotatable bonds is 5. The van der Waals surface area contributed by atoms with Gasteiger partial charge in [0.1, 0.15) is 0 Å². The maximum absolute atomic E-state index is 12.9. The van der Waals surface area contributed by atoms with E-state index in [4.69, 9.17) is 0 Å². The number of carbonyl (C=O) groups is 1. The molecule has 0 radical (unpaired) electrons. The number of hydrogen-bond acceptors (Lipinski definition) is 3. The lowest BCUT2D eigenvalue weighted by Gasteiger charge is -2.34. The Kier molecular flexibility index (Phi) is 5.97. The number of sulfonamides is 1. The topological polar surface area (TPSA) is 57.7 Å². The quantitative estimate of drug-likeness (QED) is 0.794. The van der Waals surface area contributed by atoms with Crippen LogP contribution in [-0.4, -0.2) is 49.7 Å². The fourth-order valence-corrected chi connectivity index (χ4v) is 5.09. The first-order valence-electron chi connectivity index (χ1n) is 9.27. The zero-order valence-electron chi connectivity index (χ0n) is 15.9. The molecule has 0 saturated carbocycles. The second-order valence-electron chi connectivity index (χ2n) is 7.04. The van der Waals surface area contributed by atoms with Crippen LogP contribution >= 0.6 is 0 Å². The van der Waals surface area contributed by atoms with Crippen molar-refractivity contribution in [2.24, 2.45) is 0 Å². The first-order valence-corrected chi connectivity index (χ1v) is 10.7. The van der Waals surface area contributed by atoms with E-state index in [0.29, 0.717) is 43.9 Å². The molecule has 0 unspecified atom stereocenters. The fourth-order valence-electron chi connectivity index (χ4n) is 3.46. The standard InChI is InChI=1S/C21H26N2O3S/c1-17-8-10-20(18(2)16-17)27(25,26)23-14-12-22(13-15-23)21(24)11-9-19-6-4-3-5-7-19/h3-8,10,16H,9,11-15H2,1-2H3. The molecule has 1 aliphatic rings. The molecule has 0 bridgehead atoms. The number of piperazine rings is 1. The van der Waals surface area contributed by atoms with Gasteiger partial charge in [0.2, 0.25) is 15.9 Å². The summed E-state index contributed by atoms with van der Waals surface area (Å²) in [6.45, 7) is 5.33. The average Bonchev–Trinajstić information content (AvgIpc) is 2.66. The summed E-state index contributed by atoms with van der Waals surface area (Å²) in [6.07, 6.45) is 1.16. The molecular formula is C21H26N2O3S. The summed E-state index contributed by atoms with van der Waals surface area (Å²) in [5, 5.41) is 0. The summed E-state index contributed by atoms with van der Waals surface area (Å²) >= 11 is 0. The molecule has 0 N–H and O–H groups in total. The van der Waals surface area contributed by atoms with E-state index in [1.54, 1.807) is 11.0 Å². The van der Waals surface area contributed by atoms with Crippen LogP contribution in [0.3, 0.4) is 0 Å². The van der Waals surface area contributed by atoms with Crippen LogP contribution in [-0.2, 0) is 21.2 Å². The summed E-state index contributed by atoms with van der Waals surface area (Å²) in [6, 6.07) is 15.3. The molecule has 1 fully saturated rings. The molecule has 144 valence electrons. The summed E-state index contributed by atoms with van der Waals surface area (Å²) in [4.78, 5) is 14.6. The van der Waals surface area contributed by atoms with Crippen LogP contribution in [0.1, 0.15) is 23.1 Å². The number of amides is 1. The van der Waals surface area contributed by atoms with Gasteiger partial charge in [0, 0.05) is 32.6 Å². The Labute approximate surface area is 161 Å². The normalized spacial score (nSPS) is 15.7. The molecular weight excluding hydrogens is 360 g/mol. The molecule has 1 saturated heterocycles. The molecule has 0 aromatic heterocycles. The van der Waals surface area contributed by atoms with Gasteiger partial charge in [-0.1, -0.05) is 48.0 Å². The molecule has 2 aromatic rings. The number of hydrogen-bond donors (Lipinski definition) is 0. The highest BCUT2D eigenvalue weighted by Crippen LogP contribution is 2.22. The zero-order chi connectivity index (χ0) is 19.4. The lowest BCUT2D eigenvalue weighted by molar-refractivity contribution is -0.132. The summed E-state index contributed by atoms with van der Waals surface area (Å²) in [7, 11) is -3.52. The van der Waals surface area contributed by atoms with Gasteiger partial charge in [-0.25, -0.2) is 8.42 Å². The van der Waals surface area contributed by atoms with Crippen molar-refractivity contribution in [2.45, 2.75) is 31.6 Å². The van der Waals surface area contributed by atoms with Crippen molar-refractivity contribution in [1.29, 1.82) is 0 Å². The highest BCUT2D eigenvalue weighted by Gasteiger charge is 2.30. The van der Waals surface area contributed by atoms with Crippen LogP contribution in [0.4, 0.5) is 0 Å². The summed E-state index contributed by atoms with van der Waals surface area (Å²) in [5.74, 6) is 0.0856. The minimum atomic E-state index is -3.52. The predicted octanol–water partition coefficient (Wildman–Crippen LogP) is 2.77. The summed E-state index contributed by atoms with van der Waals surface area (Å²) in [5.41, 5.74) is 2.94. The maximum atomic E-state index is 12.9. The van der Waals surface area contributed by atoms with Crippen molar-refractivity contribution in [1.82, 2.24) is 9.21 Å². The number of aryl methyl sites for hydroxylation is 3. The minimum Gasteiger partial charge on any atom is -0.340 e. The molecule has 5 nitrogen and oxygen atoms in total. The van der Waals surface area contributed by atoms with Gasteiger partial charge in [-0.05, 0) is 37.5 Å². The third-order valence-corrected chi connectivity index (χ3v) is 7.07. The van der Waals surface area contributed by atoms with Crippen LogP contribution in [0.5, 0.6) is 0 Å². The van der Waals surface area contributed by atoms with Gasteiger partial charge in [0.15, 0.2) is 0 Å². The molecule has 1 heterocycles.